The molecule has 150 valence electrons. The summed E-state index contributed by atoms with van der Waals surface area (Å²) in [7, 11) is 6.16. The number of carbonyl (C=O) groups is 2. The number of nitrogens with zero attached hydrogens (tertiary/aromatic N) is 1. The summed E-state index contributed by atoms with van der Waals surface area (Å²) in [5.41, 5.74) is 1.21. The molecule has 0 aliphatic rings. The lowest BCUT2D eigenvalue weighted by atomic mass is 10.1. The first-order chi connectivity index (χ1) is 13.4. The number of carboxylic acids is 1. The van der Waals surface area contributed by atoms with E-state index in [1.54, 1.807) is 43.4 Å². The molecule has 0 saturated carbocycles. The van der Waals surface area contributed by atoms with Crippen molar-refractivity contribution in [3.05, 3.63) is 47.5 Å². The molecule has 0 atom stereocenters. The maximum atomic E-state index is 12.9. The van der Waals surface area contributed by atoms with Crippen molar-refractivity contribution in [3.63, 3.8) is 0 Å². The zero-order valence-corrected chi connectivity index (χ0v) is 16.2. The topological polar surface area (TPSA) is 94.5 Å². The van der Waals surface area contributed by atoms with Crippen LogP contribution in [0.15, 0.2) is 36.4 Å². The minimum absolute atomic E-state index is 0.246. The molecule has 28 heavy (non-hydrogen) atoms. The molecule has 0 aromatic heterocycles. The van der Waals surface area contributed by atoms with Gasteiger partial charge in [0.2, 0.25) is 0 Å². The second-order valence-corrected chi connectivity index (χ2v) is 5.90. The summed E-state index contributed by atoms with van der Waals surface area (Å²) >= 11 is 0. The number of hydrogen-bond donors (Lipinski definition) is 1. The fraction of sp³-hybridized carbons (Fsp3) is 0.300. The Morgan fingerprint density at radius 1 is 0.929 bits per heavy atom. The first-order valence-corrected chi connectivity index (χ1v) is 8.38. The van der Waals surface area contributed by atoms with E-state index < -0.39 is 12.6 Å². The Kier molecular flexibility index (Phi) is 7.08. The van der Waals surface area contributed by atoms with Gasteiger partial charge in [-0.25, -0.2) is 4.79 Å². The Hall–Kier alpha value is -3.42. The molecule has 0 fully saturated rings. The molecule has 1 amide bonds. The SMILES string of the molecule is COc1cc(OC)c(C(=O)N(C)Cc2ccc(OCC(=O)O)cc2)cc1OC. The van der Waals surface area contributed by atoms with Gasteiger partial charge in [-0.1, -0.05) is 12.1 Å². The highest BCUT2D eigenvalue weighted by molar-refractivity contribution is 5.97. The van der Waals surface area contributed by atoms with E-state index >= 15 is 0 Å². The Labute approximate surface area is 163 Å². The van der Waals surface area contributed by atoms with E-state index in [2.05, 4.69) is 0 Å². The number of carbonyl (C=O) groups excluding carboxylic acids is 1. The molecule has 8 heteroatoms. The van der Waals surface area contributed by atoms with Gasteiger partial charge in [0, 0.05) is 25.7 Å². The van der Waals surface area contributed by atoms with Crippen LogP contribution in [-0.4, -0.2) is 56.9 Å². The van der Waals surface area contributed by atoms with Crippen LogP contribution in [0.3, 0.4) is 0 Å². The molecule has 0 aliphatic carbocycles. The number of amides is 1. The summed E-state index contributed by atoms with van der Waals surface area (Å²) in [6, 6.07) is 10.1. The Bertz CT molecular complexity index is 833. The molecule has 1 N–H and O–H groups in total. The highest BCUT2D eigenvalue weighted by Crippen LogP contribution is 2.35. The van der Waals surface area contributed by atoms with Gasteiger partial charge in [-0.15, -0.1) is 0 Å². The summed E-state index contributed by atoms with van der Waals surface area (Å²) in [6.07, 6.45) is 0. The monoisotopic (exact) mass is 389 g/mol. The average molecular weight is 389 g/mol. The standard InChI is InChI=1S/C20H23NO7/c1-21(11-13-5-7-14(8-6-13)28-12-19(22)23)20(24)15-9-17(26-3)18(27-4)10-16(15)25-2/h5-10H,11-12H2,1-4H3,(H,22,23). The van der Waals surface area contributed by atoms with Crippen molar-refractivity contribution in [1.82, 2.24) is 4.90 Å². The van der Waals surface area contributed by atoms with Gasteiger partial charge < -0.3 is 29.0 Å². The molecule has 2 aromatic carbocycles. The van der Waals surface area contributed by atoms with Crippen molar-refractivity contribution >= 4 is 11.9 Å². The van der Waals surface area contributed by atoms with Crippen molar-refractivity contribution in [1.29, 1.82) is 0 Å². The lowest BCUT2D eigenvalue weighted by molar-refractivity contribution is -0.139. The summed E-state index contributed by atoms with van der Waals surface area (Å²) in [4.78, 5) is 25.0. The zero-order valence-electron chi connectivity index (χ0n) is 16.2. The van der Waals surface area contributed by atoms with Gasteiger partial charge in [0.25, 0.3) is 5.91 Å². The molecular weight excluding hydrogens is 366 g/mol. The number of ether oxygens (including phenoxy) is 4. The maximum absolute atomic E-state index is 12.9. The van der Waals surface area contributed by atoms with Crippen molar-refractivity contribution in [2.24, 2.45) is 0 Å². The first-order valence-electron chi connectivity index (χ1n) is 8.38. The minimum atomic E-state index is -1.04. The molecule has 8 nitrogen and oxygen atoms in total. The van der Waals surface area contributed by atoms with Crippen LogP contribution >= 0.6 is 0 Å². The van der Waals surface area contributed by atoms with Crippen molar-refractivity contribution in [2.75, 3.05) is 35.0 Å². The molecule has 0 unspecified atom stereocenters. The van der Waals surface area contributed by atoms with Crippen molar-refractivity contribution < 1.29 is 33.6 Å². The van der Waals surface area contributed by atoms with E-state index in [-0.39, 0.29) is 5.91 Å². The van der Waals surface area contributed by atoms with Gasteiger partial charge in [-0.2, -0.15) is 0 Å². The molecule has 0 saturated heterocycles. The minimum Gasteiger partial charge on any atom is -0.496 e. The lowest BCUT2D eigenvalue weighted by Gasteiger charge is -2.20. The smallest absolute Gasteiger partial charge is 0.341 e. The molecule has 0 bridgehead atoms. The largest absolute Gasteiger partial charge is 0.496 e. The maximum Gasteiger partial charge on any atom is 0.341 e. The molecule has 0 aliphatic heterocycles. The number of carboxylic acid groups (broad SMARTS) is 1. The summed E-state index contributed by atoms with van der Waals surface area (Å²) in [6.45, 7) is -0.0631. The Balaban J connectivity index is 2.15. The van der Waals surface area contributed by atoms with E-state index in [9.17, 15) is 9.59 Å². The Morgan fingerprint density at radius 2 is 1.50 bits per heavy atom. The van der Waals surface area contributed by atoms with Crippen LogP contribution in [0.4, 0.5) is 0 Å². The molecular formula is C20H23NO7. The van der Waals surface area contributed by atoms with Crippen LogP contribution in [-0.2, 0) is 11.3 Å². The van der Waals surface area contributed by atoms with E-state index in [0.717, 1.165) is 5.56 Å². The molecule has 2 rings (SSSR count). The highest BCUT2D eigenvalue weighted by atomic mass is 16.5. The summed E-state index contributed by atoms with van der Waals surface area (Å²) in [5.74, 6) is 0.436. The quantitative estimate of drug-likeness (QED) is 0.704. The normalized spacial score (nSPS) is 10.1. The van der Waals surface area contributed by atoms with Gasteiger partial charge in [0.05, 0.1) is 26.9 Å². The van der Waals surface area contributed by atoms with Crippen LogP contribution in [0, 0.1) is 0 Å². The number of rotatable bonds is 9. The van der Waals surface area contributed by atoms with Crippen LogP contribution in [0.5, 0.6) is 23.0 Å². The lowest BCUT2D eigenvalue weighted by Crippen LogP contribution is -2.26. The fourth-order valence-electron chi connectivity index (χ4n) is 2.58. The third-order valence-corrected chi connectivity index (χ3v) is 3.99. The molecule has 0 spiro atoms. The summed E-state index contributed by atoms with van der Waals surface area (Å²) in [5, 5.41) is 8.63. The average Bonchev–Trinajstić information content (AvgIpc) is 2.71. The van der Waals surface area contributed by atoms with E-state index in [4.69, 9.17) is 24.1 Å². The van der Waals surface area contributed by atoms with E-state index in [1.807, 2.05) is 0 Å². The van der Waals surface area contributed by atoms with Crippen LogP contribution in [0.1, 0.15) is 15.9 Å². The zero-order chi connectivity index (χ0) is 20.7. The Morgan fingerprint density at radius 3 is 2.04 bits per heavy atom. The predicted octanol–water partition coefficient (Wildman–Crippen LogP) is 2.45. The molecule has 0 radical (unpaired) electrons. The van der Waals surface area contributed by atoms with Gasteiger partial charge in [-0.05, 0) is 17.7 Å². The second kappa shape index (κ2) is 9.50. The number of aliphatic carboxylic acids is 1. The highest BCUT2D eigenvalue weighted by Gasteiger charge is 2.21. The third-order valence-electron chi connectivity index (χ3n) is 3.99. The third kappa shape index (κ3) is 5.06. The van der Waals surface area contributed by atoms with Crippen LogP contribution in [0.2, 0.25) is 0 Å². The predicted molar refractivity (Wildman–Crippen MR) is 101 cm³/mol. The van der Waals surface area contributed by atoms with Gasteiger partial charge in [0.1, 0.15) is 11.5 Å². The van der Waals surface area contributed by atoms with Crippen molar-refractivity contribution in [3.8, 4) is 23.0 Å². The first kappa shape index (κ1) is 20.9. The van der Waals surface area contributed by atoms with Crippen LogP contribution in [0.25, 0.3) is 0 Å². The second-order valence-electron chi connectivity index (χ2n) is 5.90. The number of benzene rings is 2. The molecule has 0 heterocycles. The number of hydrogen-bond acceptors (Lipinski definition) is 6. The molecule has 2 aromatic rings. The summed E-state index contributed by atoms with van der Waals surface area (Å²) < 4.78 is 20.9. The number of methoxy groups -OCH3 is 3. The fourth-order valence-corrected chi connectivity index (χ4v) is 2.58. The van der Waals surface area contributed by atoms with Gasteiger partial charge in [0.15, 0.2) is 18.1 Å². The van der Waals surface area contributed by atoms with Crippen molar-refractivity contribution in [2.45, 2.75) is 6.54 Å². The van der Waals surface area contributed by atoms with E-state index in [1.165, 1.54) is 26.2 Å². The van der Waals surface area contributed by atoms with Gasteiger partial charge >= 0.3 is 5.97 Å². The van der Waals surface area contributed by atoms with Crippen LogP contribution < -0.4 is 18.9 Å². The van der Waals surface area contributed by atoms with E-state index in [0.29, 0.717) is 35.1 Å². The van der Waals surface area contributed by atoms with Gasteiger partial charge in [-0.3, -0.25) is 4.79 Å².